The molecule has 0 saturated heterocycles. The normalized spacial score (nSPS) is 11.9. The summed E-state index contributed by atoms with van der Waals surface area (Å²) in [4.78, 5) is 20.6. The van der Waals surface area contributed by atoms with E-state index in [9.17, 15) is 4.79 Å². The van der Waals surface area contributed by atoms with Gasteiger partial charge in [0.25, 0.3) is 5.91 Å². The van der Waals surface area contributed by atoms with Crippen LogP contribution in [0, 0.1) is 6.92 Å². The first-order valence-corrected chi connectivity index (χ1v) is 10.3. The van der Waals surface area contributed by atoms with Crippen molar-refractivity contribution in [2.24, 2.45) is 0 Å². The zero-order valence-corrected chi connectivity index (χ0v) is 18.0. The average molecular weight is 391 g/mol. The third-order valence-electron chi connectivity index (χ3n) is 4.76. The van der Waals surface area contributed by atoms with Crippen molar-refractivity contribution in [2.75, 3.05) is 20.8 Å². The highest BCUT2D eigenvalue weighted by Crippen LogP contribution is 2.35. The molecule has 1 aromatic heterocycles. The lowest BCUT2D eigenvalue weighted by Gasteiger charge is -2.28. The van der Waals surface area contributed by atoms with E-state index in [2.05, 4.69) is 25.8 Å². The van der Waals surface area contributed by atoms with Crippen molar-refractivity contribution in [3.8, 4) is 22.1 Å². The van der Waals surface area contributed by atoms with E-state index in [0.717, 1.165) is 46.9 Å². The summed E-state index contributed by atoms with van der Waals surface area (Å²) < 4.78 is 10.7. The summed E-state index contributed by atoms with van der Waals surface area (Å²) in [7, 11) is 3.23. The molecule has 148 valence electrons. The molecule has 0 aliphatic rings. The molecule has 5 nitrogen and oxygen atoms in total. The Hall–Kier alpha value is -2.08. The number of aryl methyl sites for hydroxylation is 1. The van der Waals surface area contributed by atoms with Crippen LogP contribution >= 0.6 is 11.3 Å². The number of hydrogen-bond acceptors (Lipinski definition) is 5. The summed E-state index contributed by atoms with van der Waals surface area (Å²) in [6.07, 6.45) is 3.02. The minimum absolute atomic E-state index is 0.0829. The Morgan fingerprint density at radius 2 is 1.93 bits per heavy atom. The number of hydrogen-bond donors (Lipinski definition) is 0. The van der Waals surface area contributed by atoms with Crippen molar-refractivity contribution < 1.29 is 14.3 Å². The predicted octanol–water partition coefficient (Wildman–Crippen LogP) is 5.18. The largest absolute Gasteiger partial charge is 0.493 e. The smallest absolute Gasteiger partial charge is 0.266 e. The van der Waals surface area contributed by atoms with Gasteiger partial charge in [-0.1, -0.05) is 20.3 Å². The van der Waals surface area contributed by atoms with Crippen LogP contribution in [0.15, 0.2) is 18.2 Å². The molecule has 0 N–H and O–H groups in total. The second kappa shape index (κ2) is 9.74. The second-order valence-electron chi connectivity index (χ2n) is 6.61. The monoisotopic (exact) mass is 390 g/mol. The maximum atomic E-state index is 13.2. The molecule has 0 aliphatic carbocycles. The molecule has 0 spiro atoms. The number of methoxy groups -OCH3 is 2. The van der Waals surface area contributed by atoms with Gasteiger partial charge in [-0.25, -0.2) is 4.98 Å². The number of amides is 1. The fourth-order valence-corrected chi connectivity index (χ4v) is 3.91. The number of benzene rings is 1. The lowest BCUT2D eigenvalue weighted by molar-refractivity contribution is 0.0689. The standard InChI is InChI=1S/C21H30N2O3S/c1-7-9-12-23(14(3)8-2)21(24)19-15(4)22-20(27-19)16-10-11-17(25-5)18(13-16)26-6/h10-11,13-14H,7-9,12H2,1-6H3. The second-order valence-corrected chi connectivity index (χ2v) is 7.61. The molecule has 0 aliphatic heterocycles. The zero-order chi connectivity index (χ0) is 20.0. The summed E-state index contributed by atoms with van der Waals surface area (Å²) >= 11 is 1.44. The van der Waals surface area contributed by atoms with Crippen LogP contribution in [0.25, 0.3) is 10.6 Å². The van der Waals surface area contributed by atoms with Crippen molar-refractivity contribution in [2.45, 2.75) is 53.0 Å². The van der Waals surface area contributed by atoms with Gasteiger partial charge in [0, 0.05) is 18.2 Å². The van der Waals surface area contributed by atoms with Gasteiger partial charge in [-0.2, -0.15) is 0 Å². The number of ether oxygens (including phenoxy) is 2. The Balaban J connectivity index is 2.35. The minimum atomic E-state index is 0.0829. The van der Waals surface area contributed by atoms with Gasteiger partial charge in [0.05, 0.1) is 19.9 Å². The summed E-state index contributed by atoms with van der Waals surface area (Å²) in [6.45, 7) is 9.06. The molecular formula is C21H30N2O3S. The molecule has 0 bridgehead atoms. The molecule has 0 radical (unpaired) electrons. The van der Waals surface area contributed by atoms with Gasteiger partial charge in [-0.15, -0.1) is 11.3 Å². The maximum absolute atomic E-state index is 13.2. The number of aromatic nitrogens is 1. The van der Waals surface area contributed by atoms with Crippen molar-refractivity contribution in [3.63, 3.8) is 0 Å². The first kappa shape index (κ1) is 21.2. The van der Waals surface area contributed by atoms with Crippen LogP contribution in [-0.4, -0.2) is 42.6 Å². The van der Waals surface area contributed by atoms with Crippen LogP contribution in [0.1, 0.15) is 55.4 Å². The molecule has 1 heterocycles. The Labute approximate surface area is 166 Å². The fourth-order valence-electron chi connectivity index (χ4n) is 2.89. The molecule has 1 atom stereocenters. The zero-order valence-electron chi connectivity index (χ0n) is 17.2. The quantitative estimate of drug-likeness (QED) is 0.592. The van der Waals surface area contributed by atoms with Crippen LogP contribution in [0.4, 0.5) is 0 Å². The molecule has 1 aromatic carbocycles. The van der Waals surface area contributed by atoms with E-state index in [0.29, 0.717) is 11.5 Å². The fraction of sp³-hybridized carbons (Fsp3) is 0.524. The molecule has 0 saturated carbocycles. The Bertz CT molecular complexity index is 773. The van der Waals surface area contributed by atoms with E-state index in [1.165, 1.54) is 11.3 Å². The van der Waals surface area contributed by atoms with Gasteiger partial charge < -0.3 is 14.4 Å². The molecule has 1 unspecified atom stereocenters. The van der Waals surface area contributed by atoms with Gasteiger partial charge >= 0.3 is 0 Å². The van der Waals surface area contributed by atoms with Crippen LogP contribution in [-0.2, 0) is 0 Å². The van der Waals surface area contributed by atoms with Crippen molar-refractivity contribution in [1.29, 1.82) is 0 Å². The molecule has 1 amide bonds. The molecule has 0 fully saturated rings. The van der Waals surface area contributed by atoms with Crippen LogP contribution in [0.3, 0.4) is 0 Å². The van der Waals surface area contributed by atoms with Gasteiger partial charge in [0.2, 0.25) is 0 Å². The molecular weight excluding hydrogens is 360 g/mol. The summed E-state index contributed by atoms with van der Waals surface area (Å²) in [5.41, 5.74) is 1.70. The van der Waals surface area contributed by atoms with Crippen LogP contribution in [0.2, 0.25) is 0 Å². The summed E-state index contributed by atoms with van der Waals surface area (Å²) in [5, 5.41) is 0.816. The van der Waals surface area contributed by atoms with E-state index >= 15 is 0 Å². The average Bonchev–Trinajstić information content (AvgIpc) is 3.08. The number of nitrogens with zero attached hydrogens (tertiary/aromatic N) is 2. The molecule has 6 heteroatoms. The number of thiazole rings is 1. The van der Waals surface area contributed by atoms with E-state index in [1.54, 1.807) is 14.2 Å². The highest BCUT2D eigenvalue weighted by atomic mass is 32.1. The van der Waals surface area contributed by atoms with E-state index in [-0.39, 0.29) is 11.9 Å². The van der Waals surface area contributed by atoms with Crippen LogP contribution in [0.5, 0.6) is 11.5 Å². The van der Waals surface area contributed by atoms with Crippen molar-refractivity contribution >= 4 is 17.2 Å². The Morgan fingerprint density at radius 1 is 1.22 bits per heavy atom. The topological polar surface area (TPSA) is 51.7 Å². The lowest BCUT2D eigenvalue weighted by atomic mass is 10.2. The summed E-state index contributed by atoms with van der Waals surface area (Å²) in [5.74, 6) is 1.41. The van der Waals surface area contributed by atoms with Crippen molar-refractivity contribution in [1.82, 2.24) is 9.88 Å². The first-order valence-electron chi connectivity index (χ1n) is 9.47. The van der Waals surface area contributed by atoms with Gasteiger partial charge in [-0.3, -0.25) is 4.79 Å². The Kier molecular flexibility index (Phi) is 7.66. The van der Waals surface area contributed by atoms with E-state index in [4.69, 9.17) is 9.47 Å². The number of rotatable bonds is 9. The Morgan fingerprint density at radius 3 is 2.52 bits per heavy atom. The van der Waals surface area contributed by atoms with Gasteiger partial charge in [-0.05, 0) is 44.9 Å². The third-order valence-corrected chi connectivity index (χ3v) is 5.95. The van der Waals surface area contributed by atoms with Gasteiger partial charge in [0.1, 0.15) is 9.88 Å². The lowest BCUT2D eigenvalue weighted by Crippen LogP contribution is -2.39. The molecule has 27 heavy (non-hydrogen) atoms. The number of carbonyl (C=O) groups excluding carboxylic acids is 1. The first-order chi connectivity index (χ1) is 13.0. The number of carbonyl (C=O) groups is 1. The summed E-state index contributed by atoms with van der Waals surface area (Å²) in [6, 6.07) is 5.92. The number of unbranched alkanes of at least 4 members (excludes halogenated alkanes) is 1. The minimum Gasteiger partial charge on any atom is -0.493 e. The van der Waals surface area contributed by atoms with E-state index < -0.39 is 0 Å². The highest BCUT2D eigenvalue weighted by molar-refractivity contribution is 7.17. The molecule has 2 aromatic rings. The third kappa shape index (κ3) is 4.80. The highest BCUT2D eigenvalue weighted by Gasteiger charge is 2.25. The van der Waals surface area contributed by atoms with E-state index in [1.807, 2.05) is 30.0 Å². The van der Waals surface area contributed by atoms with Gasteiger partial charge in [0.15, 0.2) is 11.5 Å². The predicted molar refractivity (Wildman–Crippen MR) is 111 cm³/mol. The van der Waals surface area contributed by atoms with Crippen molar-refractivity contribution in [3.05, 3.63) is 28.8 Å². The maximum Gasteiger partial charge on any atom is 0.266 e. The van der Waals surface area contributed by atoms with Crippen LogP contribution < -0.4 is 9.47 Å². The SMILES string of the molecule is CCCCN(C(=O)c1sc(-c2ccc(OC)c(OC)c2)nc1C)C(C)CC. The molecule has 2 rings (SSSR count).